The molecule has 0 fully saturated rings. The number of carboxylic acid groups (broad SMARTS) is 1. The van der Waals surface area contributed by atoms with Crippen LogP contribution in [0.3, 0.4) is 0 Å². The van der Waals surface area contributed by atoms with Gasteiger partial charge in [0.2, 0.25) is 5.91 Å². The first-order valence-corrected chi connectivity index (χ1v) is 4.32. The van der Waals surface area contributed by atoms with Crippen molar-refractivity contribution in [3.05, 3.63) is 0 Å². The predicted octanol–water partition coefficient (Wildman–Crippen LogP) is -1.60. The largest absolute Gasteiger partial charge is 0.479 e. The normalized spacial score (nSPS) is 14.5. The highest BCUT2D eigenvalue weighted by Gasteiger charge is 2.16. The maximum Gasteiger partial charge on any atom is 0.334 e. The van der Waals surface area contributed by atoms with Crippen molar-refractivity contribution in [2.45, 2.75) is 13.0 Å². The molecule has 0 saturated heterocycles. The molecule has 2 unspecified atom stereocenters. The Morgan fingerprint density at radius 3 is 2.36 bits per heavy atom. The molecule has 0 bridgehead atoms. The molecular weight excluding hydrogens is 188 g/mol. The van der Waals surface area contributed by atoms with E-state index >= 15 is 0 Å². The molecule has 0 aromatic carbocycles. The van der Waals surface area contributed by atoms with Crippen LogP contribution in [-0.4, -0.2) is 48.3 Å². The Kier molecular flexibility index (Phi) is 5.82. The summed E-state index contributed by atoms with van der Waals surface area (Å²) < 4.78 is 0. The number of carboxylic acids is 1. The number of rotatable bonds is 6. The van der Waals surface area contributed by atoms with E-state index < -0.39 is 12.1 Å². The minimum atomic E-state index is -1.54. The molecule has 2 atom stereocenters. The van der Waals surface area contributed by atoms with Crippen molar-refractivity contribution in [2.24, 2.45) is 5.92 Å². The molecule has 0 aromatic rings. The molecule has 0 aromatic heterocycles. The van der Waals surface area contributed by atoms with Crippen LogP contribution in [-0.2, 0) is 9.59 Å². The third-order valence-corrected chi connectivity index (χ3v) is 1.71. The molecule has 0 aliphatic carbocycles. The molecule has 0 radical (unpaired) electrons. The van der Waals surface area contributed by atoms with Crippen molar-refractivity contribution < 1.29 is 19.8 Å². The Balaban J connectivity index is 3.78. The number of aliphatic hydroxyl groups excluding tert-OH is 1. The van der Waals surface area contributed by atoms with Crippen molar-refractivity contribution in [3.8, 4) is 0 Å². The van der Waals surface area contributed by atoms with E-state index in [1.54, 1.807) is 14.0 Å². The molecule has 14 heavy (non-hydrogen) atoms. The highest BCUT2D eigenvalue weighted by atomic mass is 16.4. The van der Waals surface area contributed by atoms with Crippen LogP contribution in [0.5, 0.6) is 0 Å². The van der Waals surface area contributed by atoms with Crippen molar-refractivity contribution in [2.75, 3.05) is 20.1 Å². The van der Waals surface area contributed by atoms with E-state index in [-0.39, 0.29) is 18.4 Å². The van der Waals surface area contributed by atoms with Crippen molar-refractivity contribution in [1.29, 1.82) is 0 Å². The zero-order chi connectivity index (χ0) is 11.1. The minimum Gasteiger partial charge on any atom is -0.479 e. The standard InChI is InChI=1S/C8H16N2O4/c1-5(3-9-2)7(12)10-4-6(11)8(13)14/h5-6,9,11H,3-4H2,1-2H3,(H,10,12)(H,13,14). The molecule has 0 spiro atoms. The van der Waals surface area contributed by atoms with Gasteiger partial charge in [-0.05, 0) is 7.05 Å². The molecule has 82 valence electrons. The Labute approximate surface area is 82.3 Å². The van der Waals surface area contributed by atoms with Gasteiger partial charge in [-0.25, -0.2) is 4.79 Å². The Morgan fingerprint density at radius 1 is 1.36 bits per heavy atom. The van der Waals surface area contributed by atoms with Crippen LogP contribution in [0.2, 0.25) is 0 Å². The smallest absolute Gasteiger partial charge is 0.334 e. The van der Waals surface area contributed by atoms with Gasteiger partial charge in [-0.3, -0.25) is 4.79 Å². The van der Waals surface area contributed by atoms with Gasteiger partial charge in [0, 0.05) is 12.5 Å². The van der Waals surface area contributed by atoms with E-state index in [2.05, 4.69) is 10.6 Å². The summed E-state index contributed by atoms with van der Waals surface area (Å²) in [6.07, 6.45) is -1.54. The number of nitrogens with one attached hydrogen (secondary N) is 2. The van der Waals surface area contributed by atoms with Gasteiger partial charge in [0.25, 0.3) is 0 Å². The number of carbonyl (C=O) groups excluding carboxylic acids is 1. The Morgan fingerprint density at radius 2 is 1.93 bits per heavy atom. The fraction of sp³-hybridized carbons (Fsp3) is 0.750. The molecule has 6 nitrogen and oxygen atoms in total. The SMILES string of the molecule is CNCC(C)C(=O)NCC(O)C(=O)O. The number of aliphatic hydroxyl groups is 1. The lowest BCUT2D eigenvalue weighted by molar-refractivity contribution is -0.146. The molecule has 4 N–H and O–H groups in total. The third kappa shape index (κ3) is 4.78. The molecule has 6 heteroatoms. The summed E-state index contributed by atoms with van der Waals surface area (Å²) >= 11 is 0. The van der Waals surface area contributed by atoms with Crippen LogP contribution in [0.15, 0.2) is 0 Å². The number of carbonyl (C=O) groups is 2. The van der Waals surface area contributed by atoms with Gasteiger partial charge in [0.1, 0.15) is 0 Å². The molecule has 0 rings (SSSR count). The van der Waals surface area contributed by atoms with Crippen molar-refractivity contribution in [1.82, 2.24) is 10.6 Å². The van der Waals surface area contributed by atoms with Gasteiger partial charge in [0.05, 0.1) is 6.54 Å². The first kappa shape index (κ1) is 12.9. The van der Waals surface area contributed by atoms with Crippen molar-refractivity contribution >= 4 is 11.9 Å². The summed E-state index contributed by atoms with van der Waals surface area (Å²) in [4.78, 5) is 21.4. The maximum absolute atomic E-state index is 11.2. The average molecular weight is 204 g/mol. The lowest BCUT2D eigenvalue weighted by Gasteiger charge is -2.12. The number of aliphatic carboxylic acids is 1. The fourth-order valence-electron chi connectivity index (χ4n) is 0.858. The topological polar surface area (TPSA) is 98.7 Å². The van der Waals surface area contributed by atoms with Crippen molar-refractivity contribution in [3.63, 3.8) is 0 Å². The second kappa shape index (κ2) is 6.33. The Hall–Kier alpha value is -1.14. The third-order valence-electron chi connectivity index (χ3n) is 1.71. The van der Waals surface area contributed by atoms with Gasteiger partial charge >= 0.3 is 5.97 Å². The fourth-order valence-corrected chi connectivity index (χ4v) is 0.858. The van der Waals surface area contributed by atoms with E-state index in [1.807, 2.05) is 0 Å². The molecule has 0 aliphatic heterocycles. The number of amides is 1. The Bertz CT molecular complexity index is 208. The molecule has 0 saturated carbocycles. The monoisotopic (exact) mass is 204 g/mol. The van der Waals surface area contributed by atoms with Crippen LogP contribution in [0.1, 0.15) is 6.92 Å². The summed E-state index contributed by atoms with van der Waals surface area (Å²) in [5.74, 6) is -1.87. The lowest BCUT2D eigenvalue weighted by Crippen LogP contribution is -2.40. The number of hydrogen-bond donors (Lipinski definition) is 4. The summed E-state index contributed by atoms with van der Waals surface area (Å²) in [7, 11) is 1.72. The minimum absolute atomic E-state index is 0.249. The van der Waals surface area contributed by atoms with Crippen LogP contribution < -0.4 is 10.6 Å². The van der Waals surface area contributed by atoms with E-state index in [4.69, 9.17) is 10.2 Å². The molecule has 0 heterocycles. The van der Waals surface area contributed by atoms with Crippen LogP contribution in [0, 0.1) is 5.92 Å². The summed E-state index contributed by atoms with van der Waals surface area (Å²) in [6.45, 7) is 1.95. The lowest BCUT2D eigenvalue weighted by atomic mass is 10.1. The van der Waals surface area contributed by atoms with E-state index in [0.29, 0.717) is 6.54 Å². The molecular formula is C8H16N2O4. The molecule has 1 amide bonds. The molecule has 0 aliphatic rings. The van der Waals surface area contributed by atoms with Gasteiger partial charge in [-0.15, -0.1) is 0 Å². The first-order valence-electron chi connectivity index (χ1n) is 4.32. The number of hydrogen-bond acceptors (Lipinski definition) is 4. The maximum atomic E-state index is 11.2. The summed E-state index contributed by atoms with van der Waals surface area (Å²) in [5.41, 5.74) is 0. The van der Waals surface area contributed by atoms with Gasteiger partial charge in [-0.1, -0.05) is 6.92 Å². The first-order chi connectivity index (χ1) is 6.49. The summed E-state index contributed by atoms with van der Waals surface area (Å²) in [6, 6.07) is 0. The van der Waals surface area contributed by atoms with E-state index in [9.17, 15) is 9.59 Å². The zero-order valence-corrected chi connectivity index (χ0v) is 8.28. The van der Waals surface area contributed by atoms with Gasteiger partial charge in [0.15, 0.2) is 6.10 Å². The quantitative estimate of drug-likeness (QED) is 0.418. The van der Waals surface area contributed by atoms with Crippen LogP contribution in [0.25, 0.3) is 0 Å². The second-order valence-corrected chi connectivity index (χ2v) is 3.06. The van der Waals surface area contributed by atoms with Crippen LogP contribution >= 0.6 is 0 Å². The highest BCUT2D eigenvalue weighted by Crippen LogP contribution is 1.92. The van der Waals surface area contributed by atoms with E-state index in [1.165, 1.54) is 0 Å². The van der Waals surface area contributed by atoms with E-state index in [0.717, 1.165) is 0 Å². The van der Waals surface area contributed by atoms with Crippen LogP contribution in [0.4, 0.5) is 0 Å². The average Bonchev–Trinajstić information content (AvgIpc) is 2.13. The zero-order valence-electron chi connectivity index (χ0n) is 8.28. The predicted molar refractivity (Wildman–Crippen MR) is 49.7 cm³/mol. The highest BCUT2D eigenvalue weighted by molar-refractivity contribution is 5.79. The summed E-state index contributed by atoms with van der Waals surface area (Å²) in [5, 5.41) is 22.3. The van der Waals surface area contributed by atoms with Gasteiger partial charge < -0.3 is 20.8 Å². The van der Waals surface area contributed by atoms with Gasteiger partial charge in [-0.2, -0.15) is 0 Å². The second-order valence-electron chi connectivity index (χ2n) is 3.06.